The quantitative estimate of drug-likeness (QED) is 0.879. The zero-order chi connectivity index (χ0) is 12.8. The molecule has 1 N–H and O–H groups in total. The predicted molar refractivity (Wildman–Crippen MR) is 58.9 cm³/mol. The van der Waals surface area contributed by atoms with Crippen molar-refractivity contribution >= 4 is 15.8 Å². The lowest BCUT2D eigenvalue weighted by Gasteiger charge is -1.98. The van der Waals surface area contributed by atoms with E-state index >= 15 is 0 Å². The van der Waals surface area contributed by atoms with E-state index in [2.05, 4.69) is 0 Å². The molecule has 0 spiro atoms. The Hall–Kier alpha value is -1.43. The standard InChI is InChI=1S/C11H11FO4S/c1-17(15,16)10-8(9(10)11(13)14)6-2-4-7(12)5-3-6/h2-5,8-10H,1H3,(H,13,14)/t8-,9+,10+/m1/s1. The number of carboxylic acid groups (broad SMARTS) is 1. The maximum atomic E-state index is 12.7. The van der Waals surface area contributed by atoms with E-state index in [0.717, 1.165) is 6.26 Å². The summed E-state index contributed by atoms with van der Waals surface area (Å²) in [6.45, 7) is 0. The summed E-state index contributed by atoms with van der Waals surface area (Å²) in [5.74, 6) is -3.05. The normalized spacial score (nSPS) is 27.8. The van der Waals surface area contributed by atoms with Gasteiger partial charge in [0, 0.05) is 12.2 Å². The van der Waals surface area contributed by atoms with Gasteiger partial charge in [-0.2, -0.15) is 0 Å². The van der Waals surface area contributed by atoms with Crippen LogP contribution in [0.1, 0.15) is 11.5 Å². The van der Waals surface area contributed by atoms with Crippen LogP contribution in [0.5, 0.6) is 0 Å². The molecule has 0 radical (unpaired) electrons. The second-order valence-corrected chi connectivity index (χ2v) is 6.44. The maximum absolute atomic E-state index is 12.7. The van der Waals surface area contributed by atoms with Crippen LogP contribution in [-0.2, 0) is 14.6 Å². The number of aliphatic carboxylic acids is 1. The predicted octanol–water partition coefficient (Wildman–Crippen LogP) is 1.04. The fourth-order valence-corrected chi connectivity index (χ4v) is 3.78. The summed E-state index contributed by atoms with van der Waals surface area (Å²) in [6, 6.07) is 5.26. The molecule has 1 aliphatic rings. The van der Waals surface area contributed by atoms with E-state index in [-0.39, 0.29) is 0 Å². The number of carboxylic acids is 1. The largest absolute Gasteiger partial charge is 0.481 e. The van der Waals surface area contributed by atoms with Crippen molar-refractivity contribution in [3.8, 4) is 0 Å². The Bertz CT molecular complexity index is 549. The van der Waals surface area contributed by atoms with Crippen molar-refractivity contribution < 1.29 is 22.7 Å². The maximum Gasteiger partial charge on any atom is 0.308 e. The molecule has 0 saturated heterocycles. The first-order chi connectivity index (χ1) is 7.82. The van der Waals surface area contributed by atoms with Crippen LogP contribution in [0.25, 0.3) is 0 Å². The average Bonchev–Trinajstić information content (AvgIpc) is 2.93. The van der Waals surface area contributed by atoms with Crippen LogP contribution in [0.3, 0.4) is 0 Å². The minimum Gasteiger partial charge on any atom is -0.481 e. The van der Waals surface area contributed by atoms with Crippen molar-refractivity contribution in [2.75, 3.05) is 6.26 Å². The lowest BCUT2D eigenvalue weighted by Crippen LogP contribution is -2.10. The van der Waals surface area contributed by atoms with Gasteiger partial charge in [-0.3, -0.25) is 4.79 Å². The van der Waals surface area contributed by atoms with Gasteiger partial charge in [0.2, 0.25) is 0 Å². The zero-order valence-electron chi connectivity index (χ0n) is 9.00. The van der Waals surface area contributed by atoms with Crippen LogP contribution < -0.4 is 0 Å². The number of hydrogen-bond donors (Lipinski definition) is 1. The van der Waals surface area contributed by atoms with Crippen LogP contribution in [-0.4, -0.2) is 31.0 Å². The van der Waals surface area contributed by atoms with Gasteiger partial charge in [0.05, 0.1) is 11.2 Å². The first-order valence-electron chi connectivity index (χ1n) is 4.99. The molecule has 1 aromatic carbocycles. The summed E-state index contributed by atoms with van der Waals surface area (Å²) < 4.78 is 35.6. The smallest absolute Gasteiger partial charge is 0.308 e. The molecule has 4 nitrogen and oxygen atoms in total. The van der Waals surface area contributed by atoms with E-state index in [0.29, 0.717) is 5.56 Å². The molecule has 1 aliphatic carbocycles. The monoisotopic (exact) mass is 258 g/mol. The molecule has 0 unspecified atom stereocenters. The Morgan fingerprint density at radius 2 is 1.82 bits per heavy atom. The van der Waals surface area contributed by atoms with Crippen molar-refractivity contribution in [1.29, 1.82) is 0 Å². The lowest BCUT2D eigenvalue weighted by atomic mass is 10.1. The second-order valence-electron chi connectivity index (χ2n) is 4.24. The van der Waals surface area contributed by atoms with Crippen molar-refractivity contribution in [2.24, 2.45) is 5.92 Å². The molecule has 0 aromatic heterocycles. The number of hydrogen-bond acceptors (Lipinski definition) is 3. The van der Waals surface area contributed by atoms with Gasteiger partial charge in [-0.05, 0) is 17.7 Å². The van der Waals surface area contributed by atoms with Crippen LogP contribution >= 0.6 is 0 Å². The molecule has 1 saturated carbocycles. The summed E-state index contributed by atoms with van der Waals surface area (Å²) in [6.07, 6.45) is 1.02. The summed E-state index contributed by atoms with van der Waals surface area (Å²) in [4.78, 5) is 10.9. The third kappa shape index (κ3) is 2.17. The highest BCUT2D eigenvalue weighted by molar-refractivity contribution is 7.91. The molecule has 3 atom stereocenters. The number of benzene rings is 1. The van der Waals surface area contributed by atoms with Crippen LogP contribution in [0.4, 0.5) is 4.39 Å². The summed E-state index contributed by atoms with van der Waals surface area (Å²) >= 11 is 0. The molecule has 1 aromatic rings. The molecule has 6 heteroatoms. The Labute approximate surface area is 98.0 Å². The van der Waals surface area contributed by atoms with Gasteiger partial charge in [-0.25, -0.2) is 12.8 Å². The molecular formula is C11H11FO4S. The summed E-state index contributed by atoms with van der Waals surface area (Å²) in [5, 5.41) is 8.04. The highest BCUT2D eigenvalue weighted by atomic mass is 32.2. The first-order valence-corrected chi connectivity index (χ1v) is 6.95. The van der Waals surface area contributed by atoms with Crippen LogP contribution in [0.15, 0.2) is 24.3 Å². The molecule has 17 heavy (non-hydrogen) atoms. The van der Waals surface area contributed by atoms with Gasteiger partial charge in [0.25, 0.3) is 0 Å². The van der Waals surface area contributed by atoms with Crippen molar-refractivity contribution in [3.63, 3.8) is 0 Å². The molecule has 92 valence electrons. The van der Waals surface area contributed by atoms with E-state index in [9.17, 15) is 17.6 Å². The number of carbonyl (C=O) groups is 1. The van der Waals surface area contributed by atoms with Crippen molar-refractivity contribution in [1.82, 2.24) is 0 Å². The van der Waals surface area contributed by atoms with E-state index in [4.69, 9.17) is 5.11 Å². The zero-order valence-corrected chi connectivity index (χ0v) is 9.82. The van der Waals surface area contributed by atoms with Gasteiger partial charge in [0.1, 0.15) is 5.82 Å². The fourth-order valence-electron chi connectivity index (χ4n) is 2.19. The topological polar surface area (TPSA) is 71.4 Å². The van der Waals surface area contributed by atoms with Gasteiger partial charge in [0.15, 0.2) is 9.84 Å². The summed E-state index contributed by atoms with van der Waals surface area (Å²) in [7, 11) is -3.41. The molecule has 0 amide bonds. The summed E-state index contributed by atoms with van der Waals surface area (Å²) in [5.41, 5.74) is 0.550. The Morgan fingerprint density at radius 1 is 1.29 bits per heavy atom. The fraction of sp³-hybridized carbons (Fsp3) is 0.364. The van der Waals surface area contributed by atoms with Gasteiger partial charge < -0.3 is 5.11 Å². The number of halogens is 1. The Morgan fingerprint density at radius 3 is 2.18 bits per heavy atom. The minimum atomic E-state index is -3.41. The van der Waals surface area contributed by atoms with E-state index in [1.165, 1.54) is 24.3 Å². The average molecular weight is 258 g/mol. The highest BCUT2D eigenvalue weighted by Gasteiger charge is 2.61. The Kier molecular flexibility index (Phi) is 2.69. The number of sulfone groups is 1. The van der Waals surface area contributed by atoms with Crippen LogP contribution in [0, 0.1) is 11.7 Å². The molecular weight excluding hydrogens is 247 g/mol. The van der Waals surface area contributed by atoms with E-state index in [1.807, 2.05) is 0 Å². The first kappa shape index (κ1) is 12.0. The molecule has 0 aliphatic heterocycles. The van der Waals surface area contributed by atoms with Crippen molar-refractivity contribution in [3.05, 3.63) is 35.6 Å². The second kappa shape index (κ2) is 3.80. The third-order valence-electron chi connectivity index (χ3n) is 2.99. The molecule has 1 fully saturated rings. The highest BCUT2D eigenvalue weighted by Crippen LogP contribution is 2.52. The lowest BCUT2D eigenvalue weighted by molar-refractivity contribution is -0.138. The van der Waals surface area contributed by atoms with E-state index < -0.39 is 38.7 Å². The molecule has 0 bridgehead atoms. The van der Waals surface area contributed by atoms with Gasteiger partial charge in [-0.15, -0.1) is 0 Å². The third-order valence-corrected chi connectivity index (χ3v) is 4.56. The van der Waals surface area contributed by atoms with Gasteiger partial charge >= 0.3 is 5.97 Å². The van der Waals surface area contributed by atoms with Gasteiger partial charge in [-0.1, -0.05) is 12.1 Å². The molecule has 2 rings (SSSR count). The van der Waals surface area contributed by atoms with Crippen LogP contribution in [0.2, 0.25) is 0 Å². The van der Waals surface area contributed by atoms with E-state index in [1.54, 1.807) is 0 Å². The SMILES string of the molecule is CS(=O)(=O)[C@@H]1[C@@H](C(=O)O)[C@H]1c1ccc(F)cc1. The Balaban J connectivity index is 2.34. The number of rotatable bonds is 3. The molecule has 0 heterocycles. The van der Waals surface area contributed by atoms with Crippen molar-refractivity contribution in [2.45, 2.75) is 11.2 Å². The minimum absolute atomic E-state index is 0.433.